The zero-order valence-corrected chi connectivity index (χ0v) is 11.3. The minimum atomic E-state index is 0.736. The lowest BCUT2D eigenvalue weighted by atomic mass is 9.85. The first kappa shape index (κ1) is 12.7. The molecule has 1 N–H and O–H groups in total. The molecule has 0 aliphatic heterocycles. The van der Waals surface area contributed by atoms with Crippen LogP contribution in [-0.4, -0.2) is 25.6 Å². The number of nitrogens with one attached hydrogen (secondary N) is 1. The predicted molar refractivity (Wildman–Crippen MR) is 72.6 cm³/mol. The van der Waals surface area contributed by atoms with Crippen LogP contribution in [0.25, 0.3) is 0 Å². The van der Waals surface area contributed by atoms with E-state index in [1.807, 2.05) is 7.05 Å². The second-order valence-corrected chi connectivity index (χ2v) is 5.25. The number of nitrogens with zero attached hydrogens (tertiary/aromatic N) is 2. The van der Waals surface area contributed by atoms with Crippen molar-refractivity contribution in [2.75, 3.05) is 25.5 Å². The van der Waals surface area contributed by atoms with Gasteiger partial charge >= 0.3 is 0 Å². The molecule has 0 unspecified atom stereocenters. The van der Waals surface area contributed by atoms with Gasteiger partial charge in [-0.25, -0.2) is 4.98 Å². The second kappa shape index (κ2) is 5.69. The summed E-state index contributed by atoms with van der Waals surface area (Å²) in [5.41, 5.74) is 1.11. The van der Waals surface area contributed by atoms with E-state index in [2.05, 4.69) is 28.3 Å². The lowest BCUT2D eigenvalue weighted by Gasteiger charge is -2.30. The van der Waals surface area contributed by atoms with Crippen molar-refractivity contribution >= 4 is 17.4 Å². The maximum absolute atomic E-state index is 6.10. The summed E-state index contributed by atoms with van der Waals surface area (Å²) in [6.45, 7) is 1.89. The molecule has 1 aliphatic carbocycles. The topological polar surface area (TPSA) is 28.2 Å². The van der Waals surface area contributed by atoms with E-state index in [1.54, 1.807) is 6.20 Å². The average molecular weight is 254 g/mol. The molecule has 1 aliphatic rings. The van der Waals surface area contributed by atoms with Gasteiger partial charge in [0.2, 0.25) is 0 Å². The van der Waals surface area contributed by atoms with Gasteiger partial charge < -0.3 is 10.2 Å². The van der Waals surface area contributed by atoms with Crippen molar-refractivity contribution in [2.45, 2.75) is 25.8 Å². The van der Waals surface area contributed by atoms with Crippen molar-refractivity contribution in [3.05, 3.63) is 22.8 Å². The van der Waals surface area contributed by atoms with Crippen molar-refractivity contribution in [2.24, 2.45) is 5.92 Å². The molecule has 1 fully saturated rings. The first-order valence-electron chi connectivity index (χ1n) is 6.21. The van der Waals surface area contributed by atoms with Crippen LogP contribution in [0.4, 0.5) is 5.82 Å². The van der Waals surface area contributed by atoms with E-state index in [1.165, 1.54) is 19.3 Å². The molecule has 1 heterocycles. The number of aromatic nitrogens is 1. The Morgan fingerprint density at radius 1 is 1.53 bits per heavy atom. The molecule has 17 heavy (non-hydrogen) atoms. The van der Waals surface area contributed by atoms with Gasteiger partial charge in [-0.2, -0.15) is 0 Å². The molecule has 0 bridgehead atoms. The minimum Gasteiger partial charge on any atom is -0.359 e. The predicted octanol–water partition coefficient (Wildman–Crippen LogP) is 2.69. The van der Waals surface area contributed by atoms with Gasteiger partial charge in [0.1, 0.15) is 5.82 Å². The summed E-state index contributed by atoms with van der Waals surface area (Å²) in [6, 6.07) is 2.08. The summed E-state index contributed by atoms with van der Waals surface area (Å²) in [5, 5.41) is 3.86. The van der Waals surface area contributed by atoms with Crippen LogP contribution in [0.3, 0.4) is 0 Å². The van der Waals surface area contributed by atoms with E-state index >= 15 is 0 Å². The maximum atomic E-state index is 6.10. The lowest BCUT2D eigenvalue weighted by molar-refractivity contribution is 0.321. The molecular weight excluding hydrogens is 234 g/mol. The maximum Gasteiger partial charge on any atom is 0.128 e. The molecular formula is C13H20ClN3. The van der Waals surface area contributed by atoms with Crippen molar-refractivity contribution in [1.29, 1.82) is 0 Å². The number of hydrogen-bond donors (Lipinski definition) is 1. The summed E-state index contributed by atoms with van der Waals surface area (Å²) in [4.78, 5) is 6.63. The van der Waals surface area contributed by atoms with E-state index < -0.39 is 0 Å². The smallest absolute Gasteiger partial charge is 0.128 e. The summed E-state index contributed by atoms with van der Waals surface area (Å²) < 4.78 is 0. The van der Waals surface area contributed by atoms with Crippen LogP contribution >= 0.6 is 11.6 Å². The highest BCUT2D eigenvalue weighted by molar-refractivity contribution is 6.31. The zero-order valence-electron chi connectivity index (χ0n) is 10.5. The largest absolute Gasteiger partial charge is 0.359 e. The van der Waals surface area contributed by atoms with Crippen molar-refractivity contribution in [3.8, 4) is 0 Å². The van der Waals surface area contributed by atoms with Gasteiger partial charge in [0, 0.05) is 26.3 Å². The first-order valence-corrected chi connectivity index (χ1v) is 6.58. The molecule has 4 heteroatoms. The molecule has 0 radical (unpaired) electrons. The normalized spacial score (nSPS) is 15.7. The van der Waals surface area contributed by atoms with Crippen LogP contribution in [-0.2, 0) is 6.54 Å². The standard InChI is InChI=1S/C13H20ClN3/c1-15-7-11-6-13(16-8-12(11)14)17(2)9-10-4-3-5-10/h6,8,10,15H,3-5,7,9H2,1-2H3. The third-order valence-electron chi connectivity index (χ3n) is 3.44. The Morgan fingerprint density at radius 3 is 2.88 bits per heavy atom. The van der Waals surface area contributed by atoms with Gasteiger partial charge in [0.15, 0.2) is 0 Å². The van der Waals surface area contributed by atoms with Crippen molar-refractivity contribution in [3.63, 3.8) is 0 Å². The van der Waals surface area contributed by atoms with Crippen molar-refractivity contribution in [1.82, 2.24) is 10.3 Å². The van der Waals surface area contributed by atoms with Gasteiger partial charge in [-0.3, -0.25) is 0 Å². The second-order valence-electron chi connectivity index (χ2n) is 4.84. The Balaban J connectivity index is 2.05. The molecule has 2 rings (SSSR count). The molecule has 3 nitrogen and oxygen atoms in total. The number of rotatable bonds is 5. The van der Waals surface area contributed by atoms with Gasteiger partial charge in [-0.1, -0.05) is 18.0 Å². The highest BCUT2D eigenvalue weighted by Crippen LogP contribution is 2.28. The summed E-state index contributed by atoms with van der Waals surface area (Å²) in [6.07, 6.45) is 5.86. The third-order valence-corrected chi connectivity index (χ3v) is 3.78. The summed E-state index contributed by atoms with van der Waals surface area (Å²) >= 11 is 6.10. The quantitative estimate of drug-likeness (QED) is 0.875. The zero-order chi connectivity index (χ0) is 12.3. The monoisotopic (exact) mass is 253 g/mol. The molecule has 0 saturated heterocycles. The fraction of sp³-hybridized carbons (Fsp3) is 0.615. The van der Waals surface area contributed by atoms with Crippen LogP contribution in [0.1, 0.15) is 24.8 Å². The Kier molecular flexibility index (Phi) is 4.24. The first-order chi connectivity index (χ1) is 8.20. The Labute approximate surface area is 108 Å². The van der Waals surface area contributed by atoms with E-state index in [9.17, 15) is 0 Å². The van der Waals surface area contributed by atoms with E-state index in [-0.39, 0.29) is 0 Å². The number of hydrogen-bond acceptors (Lipinski definition) is 3. The fourth-order valence-corrected chi connectivity index (χ4v) is 2.33. The SMILES string of the molecule is CNCc1cc(N(C)CC2CCC2)ncc1Cl. The third kappa shape index (κ3) is 3.11. The highest BCUT2D eigenvalue weighted by atomic mass is 35.5. The van der Waals surface area contributed by atoms with Crippen LogP contribution < -0.4 is 10.2 Å². The van der Waals surface area contributed by atoms with Gasteiger partial charge in [0.25, 0.3) is 0 Å². The fourth-order valence-electron chi connectivity index (χ4n) is 2.16. The van der Waals surface area contributed by atoms with Crippen LogP contribution in [0.15, 0.2) is 12.3 Å². The molecule has 94 valence electrons. The van der Waals surface area contributed by atoms with E-state index in [4.69, 9.17) is 11.6 Å². The molecule has 0 atom stereocenters. The Hall–Kier alpha value is -0.800. The van der Waals surface area contributed by atoms with Crippen LogP contribution in [0.5, 0.6) is 0 Å². The molecule has 1 saturated carbocycles. The number of pyridine rings is 1. The van der Waals surface area contributed by atoms with Gasteiger partial charge in [0.05, 0.1) is 5.02 Å². The summed E-state index contributed by atoms with van der Waals surface area (Å²) in [7, 11) is 4.03. The van der Waals surface area contributed by atoms with Gasteiger partial charge in [-0.15, -0.1) is 0 Å². The van der Waals surface area contributed by atoms with Crippen LogP contribution in [0, 0.1) is 5.92 Å². The van der Waals surface area contributed by atoms with Crippen molar-refractivity contribution < 1.29 is 0 Å². The molecule has 0 spiro atoms. The molecule has 0 aromatic carbocycles. The highest BCUT2D eigenvalue weighted by Gasteiger charge is 2.19. The molecule has 1 aromatic heterocycles. The molecule has 0 amide bonds. The average Bonchev–Trinajstić information content (AvgIpc) is 2.26. The number of halogens is 1. The Morgan fingerprint density at radius 2 is 2.29 bits per heavy atom. The van der Waals surface area contributed by atoms with E-state index in [0.717, 1.165) is 35.4 Å². The Bertz CT molecular complexity index is 377. The van der Waals surface area contributed by atoms with Crippen LogP contribution in [0.2, 0.25) is 5.02 Å². The number of anilines is 1. The summed E-state index contributed by atoms with van der Waals surface area (Å²) in [5.74, 6) is 1.87. The minimum absolute atomic E-state index is 0.736. The van der Waals surface area contributed by atoms with E-state index in [0.29, 0.717) is 0 Å². The van der Waals surface area contributed by atoms with Gasteiger partial charge in [-0.05, 0) is 37.4 Å². The molecule has 1 aromatic rings. The lowest BCUT2D eigenvalue weighted by Crippen LogP contribution is -2.29.